The second-order valence-electron chi connectivity index (χ2n) is 5.41. The Morgan fingerprint density at radius 1 is 1.24 bits per heavy atom. The molecule has 5 nitrogen and oxygen atoms in total. The Morgan fingerprint density at radius 2 is 1.95 bits per heavy atom. The number of ether oxygens (including phenoxy) is 1. The molecule has 2 N–H and O–H groups in total. The van der Waals surface area contributed by atoms with E-state index in [0.717, 1.165) is 12.0 Å². The van der Waals surface area contributed by atoms with Gasteiger partial charge in [-0.25, -0.2) is 13.1 Å². The molecule has 1 aromatic carbocycles. The summed E-state index contributed by atoms with van der Waals surface area (Å²) in [5.74, 6) is 1.13. The van der Waals surface area contributed by atoms with Gasteiger partial charge in [-0.2, -0.15) is 0 Å². The Balaban J connectivity index is 2.97. The summed E-state index contributed by atoms with van der Waals surface area (Å²) in [7, 11) is -0.0572. The van der Waals surface area contributed by atoms with Crippen molar-refractivity contribution in [3.8, 4) is 5.75 Å². The summed E-state index contributed by atoms with van der Waals surface area (Å²) in [5, 5.41) is 3.03. The third-order valence-electron chi connectivity index (χ3n) is 3.22. The SMILES string of the molecule is CNCCc1cc(OC)ccc1S(=O)(=O)NCCC(C)C. The van der Waals surface area contributed by atoms with Gasteiger partial charge in [0.15, 0.2) is 0 Å². The van der Waals surface area contributed by atoms with Crippen LogP contribution in [0.5, 0.6) is 5.75 Å². The summed E-state index contributed by atoms with van der Waals surface area (Å²) < 4.78 is 32.7. The first-order valence-electron chi connectivity index (χ1n) is 7.22. The first-order valence-corrected chi connectivity index (χ1v) is 8.70. The maximum Gasteiger partial charge on any atom is 0.240 e. The second kappa shape index (κ2) is 8.36. The smallest absolute Gasteiger partial charge is 0.240 e. The standard InChI is InChI=1S/C15H26N2O3S/c1-12(2)7-10-17-21(18,19)15-6-5-14(20-4)11-13(15)8-9-16-3/h5-6,11-12,16-17H,7-10H2,1-4H3. The van der Waals surface area contributed by atoms with Crippen LogP contribution in [-0.4, -0.2) is 35.7 Å². The fourth-order valence-electron chi connectivity index (χ4n) is 1.96. The molecule has 0 aromatic heterocycles. The average Bonchev–Trinajstić information content (AvgIpc) is 2.44. The largest absolute Gasteiger partial charge is 0.497 e. The van der Waals surface area contributed by atoms with Gasteiger partial charge >= 0.3 is 0 Å². The molecule has 0 aliphatic rings. The Labute approximate surface area is 128 Å². The molecule has 0 radical (unpaired) electrons. The van der Waals surface area contributed by atoms with E-state index in [-0.39, 0.29) is 0 Å². The fourth-order valence-corrected chi connectivity index (χ4v) is 3.26. The van der Waals surface area contributed by atoms with Crippen LogP contribution in [0.25, 0.3) is 0 Å². The van der Waals surface area contributed by atoms with E-state index in [1.165, 1.54) is 0 Å². The van der Waals surface area contributed by atoms with E-state index < -0.39 is 10.0 Å². The topological polar surface area (TPSA) is 67.4 Å². The maximum absolute atomic E-state index is 12.4. The molecule has 0 aliphatic carbocycles. The van der Waals surface area contributed by atoms with Crippen molar-refractivity contribution in [3.63, 3.8) is 0 Å². The number of benzene rings is 1. The summed E-state index contributed by atoms with van der Waals surface area (Å²) in [6.07, 6.45) is 1.45. The van der Waals surface area contributed by atoms with E-state index in [2.05, 4.69) is 23.9 Å². The lowest BCUT2D eigenvalue weighted by Gasteiger charge is -2.13. The predicted octanol–water partition coefficient (Wildman–Crippen LogP) is 1.78. The van der Waals surface area contributed by atoms with Gasteiger partial charge < -0.3 is 10.1 Å². The van der Waals surface area contributed by atoms with Crippen molar-refractivity contribution in [1.82, 2.24) is 10.0 Å². The van der Waals surface area contributed by atoms with Gasteiger partial charge in [0.2, 0.25) is 10.0 Å². The number of methoxy groups -OCH3 is 1. The van der Waals surface area contributed by atoms with Crippen LogP contribution in [0.15, 0.2) is 23.1 Å². The first-order chi connectivity index (χ1) is 9.90. The van der Waals surface area contributed by atoms with Gasteiger partial charge in [-0.1, -0.05) is 13.8 Å². The van der Waals surface area contributed by atoms with Gasteiger partial charge in [-0.3, -0.25) is 0 Å². The van der Waals surface area contributed by atoms with E-state index in [1.54, 1.807) is 25.3 Å². The van der Waals surface area contributed by atoms with Crippen LogP contribution < -0.4 is 14.8 Å². The lowest BCUT2D eigenvalue weighted by molar-refractivity contribution is 0.413. The number of nitrogens with one attached hydrogen (secondary N) is 2. The van der Waals surface area contributed by atoms with Gasteiger partial charge in [0.1, 0.15) is 5.75 Å². The molecule has 6 heteroatoms. The highest BCUT2D eigenvalue weighted by atomic mass is 32.2. The zero-order valence-electron chi connectivity index (χ0n) is 13.3. The number of hydrogen-bond acceptors (Lipinski definition) is 4. The van der Waals surface area contributed by atoms with Gasteiger partial charge in [-0.15, -0.1) is 0 Å². The van der Waals surface area contributed by atoms with Crippen LogP contribution in [0.4, 0.5) is 0 Å². The molecule has 21 heavy (non-hydrogen) atoms. The van der Waals surface area contributed by atoms with Crippen molar-refractivity contribution in [2.75, 3.05) is 27.2 Å². The summed E-state index contributed by atoms with van der Waals surface area (Å²) in [6.45, 7) is 5.30. The Bertz CT molecular complexity index is 542. The maximum atomic E-state index is 12.4. The molecule has 0 bridgehead atoms. The van der Waals surface area contributed by atoms with Gasteiger partial charge in [0.25, 0.3) is 0 Å². The molecule has 0 saturated heterocycles. The highest BCUT2D eigenvalue weighted by molar-refractivity contribution is 7.89. The molecular weight excluding hydrogens is 288 g/mol. The lowest BCUT2D eigenvalue weighted by atomic mass is 10.1. The van der Waals surface area contributed by atoms with Crippen LogP contribution >= 0.6 is 0 Å². The average molecular weight is 314 g/mol. The van der Waals surface area contributed by atoms with Crippen LogP contribution in [-0.2, 0) is 16.4 Å². The van der Waals surface area contributed by atoms with Crippen LogP contribution in [0.1, 0.15) is 25.8 Å². The third kappa shape index (κ3) is 5.65. The zero-order valence-corrected chi connectivity index (χ0v) is 14.1. The van der Waals surface area contributed by atoms with Crippen LogP contribution in [0.2, 0.25) is 0 Å². The lowest BCUT2D eigenvalue weighted by Crippen LogP contribution is -2.27. The van der Waals surface area contributed by atoms with Crippen LogP contribution in [0, 0.1) is 5.92 Å². The van der Waals surface area contributed by atoms with Crippen molar-refractivity contribution in [1.29, 1.82) is 0 Å². The summed E-state index contributed by atoms with van der Waals surface area (Å²) in [6, 6.07) is 5.08. The number of sulfonamides is 1. The quantitative estimate of drug-likeness (QED) is 0.729. The fraction of sp³-hybridized carbons (Fsp3) is 0.600. The normalized spacial score (nSPS) is 11.9. The molecule has 0 unspecified atom stereocenters. The summed E-state index contributed by atoms with van der Waals surface area (Å²) in [5.41, 5.74) is 0.765. The highest BCUT2D eigenvalue weighted by Gasteiger charge is 2.18. The predicted molar refractivity (Wildman–Crippen MR) is 85.3 cm³/mol. The molecule has 0 atom stereocenters. The van der Waals surface area contributed by atoms with Crippen molar-refractivity contribution < 1.29 is 13.2 Å². The molecule has 1 rings (SSSR count). The summed E-state index contributed by atoms with van der Waals surface area (Å²) >= 11 is 0. The highest BCUT2D eigenvalue weighted by Crippen LogP contribution is 2.22. The monoisotopic (exact) mass is 314 g/mol. The minimum atomic E-state index is -3.48. The molecule has 120 valence electrons. The molecule has 1 aromatic rings. The van der Waals surface area contributed by atoms with Crippen molar-refractivity contribution >= 4 is 10.0 Å². The molecular formula is C15H26N2O3S. The third-order valence-corrected chi connectivity index (χ3v) is 4.78. The van der Waals surface area contributed by atoms with Crippen LogP contribution in [0.3, 0.4) is 0 Å². The van der Waals surface area contributed by atoms with E-state index in [4.69, 9.17) is 4.74 Å². The first kappa shape index (κ1) is 17.9. The second-order valence-corrected chi connectivity index (χ2v) is 7.14. The van der Waals surface area contributed by atoms with Gasteiger partial charge in [0.05, 0.1) is 12.0 Å². The molecule has 0 fully saturated rings. The van der Waals surface area contributed by atoms with Crippen molar-refractivity contribution in [2.45, 2.75) is 31.6 Å². The molecule has 0 aliphatic heterocycles. The van der Waals surface area contributed by atoms with E-state index in [1.807, 2.05) is 7.05 Å². The number of rotatable bonds is 9. The number of hydrogen-bond donors (Lipinski definition) is 2. The molecule has 0 amide bonds. The van der Waals surface area contributed by atoms with Gasteiger partial charge in [0, 0.05) is 6.54 Å². The van der Waals surface area contributed by atoms with Crippen molar-refractivity contribution in [3.05, 3.63) is 23.8 Å². The van der Waals surface area contributed by atoms with Gasteiger partial charge in [-0.05, 0) is 56.1 Å². The summed E-state index contributed by atoms with van der Waals surface area (Å²) in [4.78, 5) is 0.335. The van der Waals surface area contributed by atoms with E-state index in [9.17, 15) is 8.42 Å². The molecule has 0 spiro atoms. The number of likely N-dealkylation sites (N-methyl/N-ethyl adjacent to an activating group) is 1. The zero-order chi connectivity index (χ0) is 15.9. The minimum Gasteiger partial charge on any atom is -0.497 e. The molecule has 0 heterocycles. The van der Waals surface area contributed by atoms with E-state index in [0.29, 0.717) is 36.1 Å². The molecule has 0 saturated carbocycles. The Morgan fingerprint density at radius 3 is 2.52 bits per heavy atom. The van der Waals surface area contributed by atoms with E-state index >= 15 is 0 Å². The Hall–Kier alpha value is -1.11. The minimum absolute atomic E-state index is 0.335. The Kier molecular flexibility index (Phi) is 7.14. The van der Waals surface area contributed by atoms with Crippen molar-refractivity contribution in [2.24, 2.45) is 5.92 Å².